The Hall–Kier alpha value is -3.57. The van der Waals surface area contributed by atoms with Crippen LogP contribution >= 0.6 is 11.3 Å². The van der Waals surface area contributed by atoms with Crippen LogP contribution in [0.5, 0.6) is 0 Å². The summed E-state index contributed by atoms with van der Waals surface area (Å²) >= 11 is 1.59. The topological polar surface area (TPSA) is 124 Å². The zero-order chi connectivity index (χ0) is 26.5. The van der Waals surface area contributed by atoms with Gasteiger partial charge in [0.25, 0.3) is 0 Å². The lowest BCUT2D eigenvalue weighted by Crippen LogP contribution is -2.56. The highest BCUT2D eigenvalue weighted by atomic mass is 32.1. The average Bonchev–Trinajstić information content (AvgIpc) is 3.57. The largest absolute Gasteiger partial charge is 0.351 e. The maximum Gasteiger partial charge on any atom is 0.237 e. The summed E-state index contributed by atoms with van der Waals surface area (Å²) in [5.74, 6) is 2.21. The molecule has 4 aromatic rings. The number of nitrogens with one attached hydrogen (secondary N) is 4. The summed E-state index contributed by atoms with van der Waals surface area (Å²) in [6, 6.07) is 8.39. The van der Waals surface area contributed by atoms with Gasteiger partial charge in [-0.1, -0.05) is 19.9 Å². The highest BCUT2D eigenvalue weighted by Crippen LogP contribution is 2.32. The average molecular weight is 534 g/mol. The van der Waals surface area contributed by atoms with Crippen LogP contribution in [0.25, 0.3) is 10.2 Å². The zero-order valence-corrected chi connectivity index (χ0v) is 22.9. The summed E-state index contributed by atoms with van der Waals surface area (Å²) in [6.45, 7) is 7.23. The number of hydrogen-bond acceptors (Lipinski definition) is 9. The molecule has 0 aromatic carbocycles. The third kappa shape index (κ3) is 5.94. The molecule has 2 unspecified atom stereocenters. The zero-order valence-electron chi connectivity index (χ0n) is 22.1. The molecule has 1 saturated heterocycles. The van der Waals surface area contributed by atoms with Gasteiger partial charge in [-0.15, -0.1) is 11.3 Å². The molecule has 38 heavy (non-hydrogen) atoms. The van der Waals surface area contributed by atoms with Gasteiger partial charge in [-0.3, -0.25) is 14.9 Å². The lowest BCUT2D eigenvalue weighted by molar-refractivity contribution is -0.137. The predicted octanol–water partition coefficient (Wildman–Crippen LogP) is 4.61. The van der Waals surface area contributed by atoms with Crippen molar-refractivity contribution in [2.75, 3.05) is 17.2 Å². The van der Waals surface area contributed by atoms with E-state index in [1.807, 2.05) is 42.8 Å². The second kappa shape index (κ2) is 11.9. The van der Waals surface area contributed by atoms with Crippen LogP contribution in [0, 0.1) is 6.92 Å². The van der Waals surface area contributed by atoms with E-state index in [-0.39, 0.29) is 24.0 Å². The van der Waals surface area contributed by atoms with Crippen LogP contribution in [0.15, 0.2) is 42.0 Å². The third-order valence-electron chi connectivity index (χ3n) is 7.07. The quantitative estimate of drug-likeness (QED) is 0.233. The Bertz CT molecular complexity index is 1340. The molecule has 5 heterocycles. The van der Waals surface area contributed by atoms with Gasteiger partial charge in [-0.05, 0) is 55.7 Å². The highest BCUT2D eigenvalue weighted by Gasteiger charge is 2.36. The fraction of sp³-hybridized carbons (Fsp3) is 0.444. The molecule has 4 N–H and O–H groups in total. The van der Waals surface area contributed by atoms with Gasteiger partial charge in [0.1, 0.15) is 10.6 Å². The summed E-state index contributed by atoms with van der Waals surface area (Å²) in [4.78, 5) is 30.1. The van der Waals surface area contributed by atoms with Gasteiger partial charge in [0.15, 0.2) is 5.82 Å². The van der Waals surface area contributed by atoms with E-state index < -0.39 is 0 Å². The molecule has 2 atom stereocenters. The van der Waals surface area contributed by atoms with Crippen molar-refractivity contribution in [3.63, 3.8) is 0 Å². The number of hydrogen-bond donors (Lipinski definition) is 4. The van der Waals surface area contributed by atoms with Crippen LogP contribution in [-0.4, -0.2) is 60.6 Å². The van der Waals surface area contributed by atoms with Gasteiger partial charge in [-0.2, -0.15) is 10.1 Å². The molecule has 1 fully saturated rings. The third-order valence-corrected chi connectivity index (χ3v) is 7.88. The van der Waals surface area contributed by atoms with Crippen LogP contribution in [0.1, 0.15) is 50.8 Å². The molecule has 0 radical (unpaired) electrons. The maximum atomic E-state index is 13.3. The molecular formula is C27H35N9OS. The highest BCUT2D eigenvalue weighted by molar-refractivity contribution is 7.16. The number of carbonyl (C=O) groups excluding carboxylic acids is 1. The molecule has 0 saturated carbocycles. The molecule has 200 valence electrons. The van der Waals surface area contributed by atoms with Crippen LogP contribution in [0.4, 0.5) is 17.6 Å². The predicted molar refractivity (Wildman–Crippen MR) is 152 cm³/mol. The minimum absolute atomic E-state index is 0.156. The minimum atomic E-state index is 0.156. The Morgan fingerprint density at radius 3 is 2.68 bits per heavy atom. The summed E-state index contributed by atoms with van der Waals surface area (Å²) in [6.07, 6.45) is 7.09. The molecule has 1 aliphatic rings. The van der Waals surface area contributed by atoms with Crippen molar-refractivity contribution in [1.82, 2.24) is 35.4 Å². The second-order valence-corrected chi connectivity index (χ2v) is 10.7. The Morgan fingerprint density at radius 1 is 1.18 bits per heavy atom. The van der Waals surface area contributed by atoms with E-state index >= 15 is 0 Å². The fourth-order valence-corrected chi connectivity index (χ4v) is 6.00. The number of pyridine rings is 1. The molecule has 5 rings (SSSR count). The van der Waals surface area contributed by atoms with E-state index in [4.69, 9.17) is 9.97 Å². The standard InChI is InChI=1S/C27H35N9OS/c1-4-20-12-19(13-21(5-2)36(20)24(37)16-29-15-18-7-6-9-28-14-18)30-27-32-25(22-8-10-38-26(22)33-27)31-23-11-17(3)34-35-23/h6-11,14,19-21,29H,4-5,12-13,15-16H2,1-3H3,(H3,30,31,32,33,34,35). The molecule has 1 amide bonds. The summed E-state index contributed by atoms with van der Waals surface area (Å²) in [7, 11) is 0. The van der Waals surface area contributed by atoms with Crippen LogP contribution in [-0.2, 0) is 11.3 Å². The van der Waals surface area contributed by atoms with Gasteiger partial charge in [0.05, 0.1) is 11.9 Å². The normalized spacial score (nSPS) is 19.6. The molecule has 0 spiro atoms. The number of aromatic nitrogens is 5. The number of nitrogens with zero attached hydrogens (tertiary/aromatic N) is 5. The number of anilines is 3. The Kier molecular flexibility index (Phi) is 8.14. The first-order chi connectivity index (χ1) is 18.5. The number of amides is 1. The Balaban J connectivity index is 1.27. The van der Waals surface area contributed by atoms with Gasteiger partial charge in [0, 0.05) is 48.8 Å². The first kappa shape index (κ1) is 26.1. The molecule has 1 aliphatic heterocycles. The van der Waals surface area contributed by atoms with Crippen molar-refractivity contribution >= 4 is 45.0 Å². The minimum Gasteiger partial charge on any atom is -0.351 e. The number of likely N-dealkylation sites (tertiary alicyclic amines) is 1. The lowest BCUT2D eigenvalue weighted by atomic mass is 9.88. The Morgan fingerprint density at radius 2 is 2.00 bits per heavy atom. The van der Waals surface area contributed by atoms with E-state index in [2.05, 4.69) is 49.9 Å². The number of aromatic amines is 1. The van der Waals surface area contributed by atoms with Gasteiger partial charge < -0.3 is 20.9 Å². The number of rotatable bonds is 10. The molecule has 0 bridgehead atoms. The van der Waals surface area contributed by atoms with Crippen molar-refractivity contribution < 1.29 is 4.79 Å². The van der Waals surface area contributed by atoms with Gasteiger partial charge >= 0.3 is 0 Å². The number of aryl methyl sites for hydroxylation is 1. The number of fused-ring (bicyclic) bond motifs is 1. The van der Waals surface area contributed by atoms with Crippen molar-refractivity contribution in [2.24, 2.45) is 0 Å². The SMILES string of the molecule is CCC1CC(Nc2nc(Nc3cc(C)[nH]n3)c3ccsc3n2)CC(CC)N1C(=O)CNCc1cccnc1. The molecule has 4 aromatic heterocycles. The number of H-pyrrole nitrogens is 1. The van der Waals surface area contributed by atoms with Crippen molar-refractivity contribution in [3.05, 3.63) is 53.3 Å². The molecule has 11 heteroatoms. The van der Waals surface area contributed by atoms with E-state index in [1.54, 1.807) is 17.5 Å². The number of carbonyl (C=O) groups is 1. The van der Waals surface area contributed by atoms with E-state index in [0.29, 0.717) is 19.0 Å². The first-order valence-corrected chi connectivity index (χ1v) is 14.1. The second-order valence-electron chi connectivity index (χ2n) is 9.80. The number of piperidine rings is 1. The van der Waals surface area contributed by atoms with Crippen molar-refractivity contribution in [1.29, 1.82) is 0 Å². The van der Waals surface area contributed by atoms with Crippen LogP contribution < -0.4 is 16.0 Å². The van der Waals surface area contributed by atoms with E-state index in [1.165, 1.54) is 0 Å². The maximum absolute atomic E-state index is 13.3. The van der Waals surface area contributed by atoms with E-state index in [0.717, 1.165) is 58.8 Å². The number of thiophene rings is 1. The smallest absolute Gasteiger partial charge is 0.237 e. The fourth-order valence-electron chi connectivity index (χ4n) is 5.24. The molecular weight excluding hydrogens is 498 g/mol. The lowest BCUT2D eigenvalue weighted by Gasteiger charge is -2.45. The Labute approximate surface area is 226 Å². The van der Waals surface area contributed by atoms with Gasteiger partial charge in [-0.25, -0.2) is 4.98 Å². The molecule has 10 nitrogen and oxygen atoms in total. The van der Waals surface area contributed by atoms with Gasteiger partial charge in [0.2, 0.25) is 11.9 Å². The van der Waals surface area contributed by atoms with Crippen molar-refractivity contribution in [2.45, 2.75) is 71.1 Å². The summed E-state index contributed by atoms with van der Waals surface area (Å²) < 4.78 is 0. The van der Waals surface area contributed by atoms with Crippen molar-refractivity contribution in [3.8, 4) is 0 Å². The monoisotopic (exact) mass is 533 g/mol. The summed E-state index contributed by atoms with van der Waals surface area (Å²) in [5.41, 5.74) is 2.05. The van der Waals surface area contributed by atoms with E-state index in [9.17, 15) is 4.79 Å². The van der Waals surface area contributed by atoms with Crippen LogP contribution in [0.2, 0.25) is 0 Å². The van der Waals surface area contributed by atoms with Crippen LogP contribution in [0.3, 0.4) is 0 Å². The molecule has 0 aliphatic carbocycles. The summed E-state index contributed by atoms with van der Waals surface area (Å²) in [5, 5.41) is 20.5. The first-order valence-electron chi connectivity index (χ1n) is 13.3.